The second-order valence-electron chi connectivity index (χ2n) is 4.30. The van der Waals surface area contributed by atoms with Crippen molar-refractivity contribution in [1.29, 1.82) is 0 Å². The third-order valence-corrected chi connectivity index (χ3v) is 2.96. The molecule has 3 heteroatoms. The first-order valence-corrected chi connectivity index (χ1v) is 5.62. The number of rotatable bonds is 1. The van der Waals surface area contributed by atoms with Crippen LogP contribution in [0.25, 0.3) is 0 Å². The van der Waals surface area contributed by atoms with Gasteiger partial charge in [0.1, 0.15) is 0 Å². The minimum absolute atomic E-state index is 1.10. The molecule has 1 saturated heterocycles. The molecule has 0 saturated carbocycles. The normalized spacial score (nSPS) is 18.9. The second kappa shape index (κ2) is 4.62. The van der Waals surface area contributed by atoms with Gasteiger partial charge in [-0.05, 0) is 39.1 Å². The average molecular weight is 205 g/mol. The van der Waals surface area contributed by atoms with Gasteiger partial charge >= 0.3 is 0 Å². The Morgan fingerprint density at radius 1 is 1.20 bits per heavy atom. The smallest absolute Gasteiger partial charge is 0.0400 e. The van der Waals surface area contributed by atoms with Crippen LogP contribution >= 0.6 is 0 Å². The van der Waals surface area contributed by atoms with E-state index in [0.29, 0.717) is 0 Å². The van der Waals surface area contributed by atoms with Crippen molar-refractivity contribution in [3.8, 4) is 0 Å². The minimum atomic E-state index is 1.10. The van der Waals surface area contributed by atoms with Crippen LogP contribution in [0.1, 0.15) is 12.1 Å². The SMILES string of the molecule is Cc1cc(N2CCCN(C)CC2)ccn1. The Hall–Kier alpha value is -1.09. The molecule has 0 unspecified atom stereocenters. The van der Waals surface area contributed by atoms with Gasteiger partial charge in [0.15, 0.2) is 0 Å². The lowest BCUT2D eigenvalue weighted by atomic mass is 10.3. The zero-order valence-corrected chi connectivity index (χ0v) is 9.61. The molecule has 0 bridgehead atoms. The summed E-state index contributed by atoms with van der Waals surface area (Å²) in [7, 11) is 2.20. The van der Waals surface area contributed by atoms with Gasteiger partial charge < -0.3 is 9.80 Å². The predicted molar refractivity (Wildman–Crippen MR) is 63.3 cm³/mol. The van der Waals surface area contributed by atoms with Crippen molar-refractivity contribution in [2.45, 2.75) is 13.3 Å². The van der Waals surface area contributed by atoms with E-state index in [1.165, 1.54) is 18.7 Å². The number of aryl methyl sites for hydroxylation is 1. The van der Waals surface area contributed by atoms with Gasteiger partial charge in [0.05, 0.1) is 0 Å². The summed E-state index contributed by atoms with van der Waals surface area (Å²) in [5.74, 6) is 0. The predicted octanol–water partition coefficient (Wildman–Crippen LogP) is 1.53. The summed E-state index contributed by atoms with van der Waals surface area (Å²) in [6.07, 6.45) is 3.15. The number of nitrogens with zero attached hydrogens (tertiary/aromatic N) is 3. The van der Waals surface area contributed by atoms with Crippen molar-refractivity contribution in [3.05, 3.63) is 24.0 Å². The van der Waals surface area contributed by atoms with Gasteiger partial charge in [-0.2, -0.15) is 0 Å². The molecule has 15 heavy (non-hydrogen) atoms. The lowest BCUT2D eigenvalue weighted by Crippen LogP contribution is -2.28. The number of anilines is 1. The highest BCUT2D eigenvalue weighted by Crippen LogP contribution is 2.16. The topological polar surface area (TPSA) is 19.4 Å². The summed E-state index contributed by atoms with van der Waals surface area (Å²) in [6.45, 7) is 6.70. The van der Waals surface area contributed by atoms with E-state index in [2.05, 4.69) is 34.0 Å². The Morgan fingerprint density at radius 3 is 2.87 bits per heavy atom. The molecule has 2 rings (SSSR count). The highest BCUT2D eigenvalue weighted by molar-refractivity contribution is 5.46. The molecule has 0 spiro atoms. The van der Waals surface area contributed by atoms with Gasteiger partial charge in [-0.15, -0.1) is 0 Å². The molecule has 1 fully saturated rings. The number of hydrogen-bond donors (Lipinski definition) is 0. The van der Waals surface area contributed by atoms with Crippen LogP contribution in [-0.4, -0.2) is 43.1 Å². The third-order valence-electron chi connectivity index (χ3n) is 2.96. The monoisotopic (exact) mass is 205 g/mol. The van der Waals surface area contributed by atoms with Crippen LogP contribution in [0.15, 0.2) is 18.3 Å². The van der Waals surface area contributed by atoms with Crippen LogP contribution in [0, 0.1) is 6.92 Å². The minimum Gasteiger partial charge on any atom is -0.370 e. The Balaban J connectivity index is 2.09. The Kier molecular flexibility index (Phi) is 3.21. The standard InChI is InChI=1S/C12H19N3/c1-11-10-12(4-5-13-11)15-7-3-6-14(2)8-9-15/h4-5,10H,3,6-9H2,1-2H3. The quantitative estimate of drug-likeness (QED) is 0.693. The fourth-order valence-electron chi connectivity index (χ4n) is 2.03. The largest absolute Gasteiger partial charge is 0.370 e. The highest BCUT2D eigenvalue weighted by atomic mass is 15.2. The maximum atomic E-state index is 4.24. The lowest BCUT2D eigenvalue weighted by Gasteiger charge is -2.22. The summed E-state index contributed by atoms with van der Waals surface area (Å²) in [5, 5.41) is 0. The number of pyridine rings is 1. The molecule has 1 aliphatic heterocycles. The van der Waals surface area contributed by atoms with E-state index in [1.54, 1.807) is 0 Å². The summed E-state index contributed by atoms with van der Waals surface area (Å²) >= 11 is 0. The third kappa shape index (κ3) is 2.69. The van der Waals surface area contributed by atoms with Crippen LogP contribution in [0.3, 0.4) is 0 Å². The molecule has 2 heterocycles. The molecule has 1 aromatic rings. The summed E-state index contributed by atoms with van der Waals surface area (Å²) < 4.78 is 0. The summed E-state index contributed by atoms with van der Waals surface area (Å²) in [4.78, 5) is 9.09. The maximum absolute atomic E-state index is 4.24. The molecule has 1 aromatic heterocycles. The zero-order chi connectivity index (χ0) is 10.7. The molecule has 3 nitrogen and oxygen atoms in total. The first-order valence-electron chi connectivity index (χ1n) is 5.62. The maximum Gasteiger partial charge on any atom is 0.0400 e. The van der Waals surface area contributed by atoms with E-state index in [-0.39, 0.29) is 0 Å². The van der Waals surface area contributed by atoms with Crippen LogP contribution in [0.5, 0.6) is 0 Å². The van der Waals surface area contributed by atoms with Crippen LogP contribution in [0.4, 0.5) is 5.69 Å². The molecule has 0 aromatic carbocycles. The van der Waals surface area contributed by atoms with Gasteiger partial charge in [0, 0.05) is 37.2 Å². The molecule has 0 N–H and O–H groups in total. The molecule has 0 aliphatic carbocycles. The van der Waals surface area contributed by atoms with Crippen molar-refractivity contribution in [1.82, 2.24) is 9.88 Å². The molecule has 82 valence electrons. The Morgan fingerprint density at radius 2 is 2.07 bits per heavy atom. The Bertz CT molecular complexity index is 324. The fourth-order valence-corrected chi connectivity index (χ4v) is 2.03. The molecular weight excluding hydrogens is 186 g/mol. The van der Waals surface area contributed by atoms with E-state index < -0.39 is 0 Å². The fraction of sp³-hybridized carbons (Fsp3) is 0.583. The van der Waals surface area contributed by atoms with Crippen molar-refractivity contribution in [2.24, 2.45) is 0 Å². The first kappa shape index (κ1) is 10.4. The van der Waals surface area contributed by atoms with Gasteiger partial charge in [0.2, 0.25) is 0 Å². The van der Waals surface area contributed by atoms with Crippen LogP contribution in [0.2, 0.25) is 0 Å². The van der Waals surface area contributed by atoms with E-state index in [1.807, 2.05) is 13.1 Å². The first-order chi connectivity index (χ1) is 7.25. The number of likely N-dealkylation sites (N-methyl/N-ethyl adjacent to an activating group) is 1. The molecule has 0 radical (unpaired) electrons. The average Bonchev–Trinajstić information content (AvgIpc) is 2.43. The summed E-state index contributed by atoms with van der Waals surface area (Å²) in [5.41, 5.74) is 2.42. The molecule has 0 amide bonds. The molecule has 0 atom stereocenters. The van der Waals surface area contributed by atoms with E-state index in [0.717, 1.165) is 25.3 Å². The highest BCUT2D eigenvalue weighted by Gasteiger charge is 2.12. The van der Waals surface area contributed by atoms with Crippen molar-refractivity contribution < 1.29 is 0 Å². The van der Waals surface area contributed by atoms with Gasteiger partial charge in [-0.1, -0.05) is 0 Å². The zero-order valence-electron chi connectivity index (χ0n) is 9.61. The van der Waals surface area contributed by atoms with Gasteiger partial charge in [-0.25, -0.2) is 0 Å². The molecule has 1 aliphatic rings. The van der Waals surface area contributed by atoms with E-state index >= 15 is 0 Å². The Labute approximate surface area is 91.7 Å². The van der Waals surface area contributed by atoms with E-state index in [9.17, 15) is 0 Å². The lowest BCUT2D eigenvalue weighted by molar-refractivity contribution is 0.360. The second-order valence-corrected chi connectivity index (χ2v) is 4.30. The van der Waals surface area contributed by atoms with Crippen LogP contribution in [-0.2, 0) is 0 Å². The van der Waals surface area contributed by atoms with E-state index in [4.69, 9.17) is 0 Å². The van der Waals surface area contributed by atoms with Crippen molar-refractivity contribution in [3.63, 3.8) is 0 Å². The van der Waals surface area contributed by atoms with Crippen molar-refractivity contribution >= 4 is 5.69 Å². The van der Waals surface area contributed by atoms with Crippen LogP contribution < -0.4 is 4.90 Å². The van der Waals surface area contributed by atoms with Crippen molar-refractivity contribution in [2.75, 3.05) is 38.1 Å². The number of hydrogen-bond acceptors (Lipinski definition) is 3. The number of aromatic nitrogens is 1. The summed E-state index contributed by atoms with van der Waals surface area (Å²) in [6, 6.07) is 4.28. The molecular formula is C12H19N3. The van der Waals surface area contributed by atoms with Gasteiger partial charge in [-0.3, -0.25) is 4.98 Å². The van der Waals surface area contributed by atoms with Gasteiger partial charge in [0.25, 0.3) is 0 Å².